The van der Waals surface area contributed by atoms with Crippen molar-refractivity contribution in [3.8, 4) is 0 Å². The smallest absolute Gasteiger partial charge is 0.0746 e. The highest BCUT2D eigenvalue weighted by Gasteiger charge is 2.43. The Kier molecular flexibility index (Phi) is 2.37. The fourth-order valence-corrected chi connectivity index (χ4v) is 3.13. The summed E-state index contributed by atoms with van der Waals surface area (Å²) in [7, 11) is 0. The van der Waals surface area contributed by atoms with Gasteiger partial charge in [0, 0.05) is 6.04 Å². The molecule has 76 valence electrons. The van der Waals surface area contributed by atoms with Gasteiger partial charge in [-0.3, -0.25) is 0 Å². The molecule has 2 heteroatoms. The zero-order valence-electron chi connectivity index (χ0n) is 8.71. The minimum absolute atomic E-state index is 0.331. The summed E-state index contributed by atoms with van der Waals surface area (Å²) < 4.78 is 0. The average molecular weight is 183 g/mol. The van der Waals surface area contributed by atoms with Gasteiger partial charge in [0.15, 0.2) is 0 Å². The molecule has 1 aliphatic carbocycles. The molecule has 2 N–H and O–H groups in total. The Labute approximate surface area is 80.7 Å². The van der Waals surface area contributed by atoms with Gasteiger partial charge in [0.05, 0.1) is 5.60 Å². The van der Waals surface area contributed by atoms with E-state index in [4.69, 9.17) is 0 Å². The Bertz CT molecular complexity index is 185. The van der Waals surface area contributed by atoms with Crippen LogP contribution in [0.1, 0.15) is 39.5 Å². The molecular formula is C11H21NO. The van der Waals surface area contributed by atoms with Crippen LogP contribution in [0.5, 0.6) is 0 Å². The Morgan fingerprint density at radius 1 is 1.23 bits per heavy atom. The zero-order chi connectivity index (χ0) is 9.47. The van der Waals surface area contributed by atoms with Crippen LogP contribution in [0.25, 0.3) is 0 Å². The molecule has 3 atom stereocenters. The first-order valence-corrected chi connectivity index (χ1v) is 5.55. The van der Waals surface area contributed by atoms with E-state index in [0.29, 0.717) is 6.04 Å². The number of rotatable bonds is 1. The number of hydrogen-bond donors (Lipinski definition) is 2. The highest BCUT2D eigenvalue weighted by atomic mass is 16.3. The summed E-state index contributed by atoms with van der Waals surface area (Å²) in [5.74, 6) is 1.57. The Hall–Kier alpha value is -0.0800. The van der Waals surface area contributed by atoms with Crippen molar-refractivity contribution >= 4 is 0 Å². The molecule has 1 saturated heterocycles. The quantitative estimate of drug-likeness (QED) is 0.646. The fourth-order valence-electron chi connectivity index (χ4n) is 3.13. The third-order valence-corrected chi connectivity index (χ3v) is 3.76. The van der Waals surface area contributed by atoms with Crippen molar-refractivity contribution in [2.24, 2.45) is 11.8 Å². The second-order valence-corrected chi connectivity index (χ2v) is 5.25. The molecule has 2 fully saturated rings. The van der Waals surface area contributed by atoms with E-state index in [2.05, 4.69) is 5.32 Å². The molecule has 0 aromatic heterocycles. The molecule has 2 nitrogen and oxygen atoms in total. The largest absolute Gasteiger partial charge is 0.389 e. The highest BCUT2D eigenvalue weighted by Crippen LogP contribution is 2.39. The van der Waals surface area contributed by atoms with Crippen molar-refractivity contribution in [2.75, 3.05) is 6.54 Å². The molecule has 1 aliphatic heterocycles. The molecule has 1 saturated carbocycles. The number of aliphatic hydroxyl groups is 1. The van der Waals surface area contributed by atoms with Crippen LogP contribution < -0.4 is 5.32 Å². The van der Waals surface area contributed by atoms with Crippen molar-refractivity contribution in [3.05, 3.63) is 0 Å². The number of nitrogens with one attached hydrogen (secondary N) is 1. The van der Waals surface area contributed by atoms with Crippen LogP contribution in [0, 0.1) is 11.8 Å². The van der Waals surface area contributed by atoms with Crippen LogP contribution >= 0.6 is 0 Å². The molecule has 0 radical (unpaired) electrons. The Morgan fingerprint density at radius 3 is 2.62 bits per heavy atom. The van der Waals surface area contributed by atoms with Gasteiger partial charge in [-0.2, -0.15) is 0 Å². The summed E-state index contributed by atoms with van der Waals surface area (Å²) in [6.07, 6.45) is 5.42. The van der Waals surface area contributed by atoms with E-state index in [-0.39, 0.29) is 0 Å². The third kappa shape index (κ3) is 1.75. The summed E-state index contributed by atoms with van der Waals surface area (Å²) >= 11 is 0. The summed E-state index contributed by atoms with van der Waals surface area (Å²) in [5, 5.41) is 13.5. The van der Waals surface area contributed by atoms with Crippen molar-refractivity contribution < 1.29 is 5.11 Å². The molecular weight excluding hydrogens is 162 g/mol. The normalized spacial score (nSPS) is 40.4. The summed E-state index contributed by atoms with van der Waals surface area (Å²) in [4.78, 5) is 0. The molecule has 0 bridgehead atoms. The molecule has 0 aromatic carbocycles. The molecule has 0 spiro atoms. The van der Waals surface area contributed by atoms with Crippen molar-refractivity contribution in [3.63, 3.8) is 0 Å². The van der Waals surface area contributed by atoms with Gasteiger partial charge in [-0.1, -0.05) is 12.8 Å². The zero-order valence-corrected chi connectivity index (χ0v) is 8.71. The molecule has 2 rings (SSSR count). The average Bonchev–Trinajstić information content (AvgIpc) is 2.45. The molecule has 1 heterocycles. The highest BCUT2D eigenvalue weighted by molar-refractivity contribution is 4.99. The van der Waals surface area contributed by atoms with E-state index in [1.54, 1.807) is 0 Å². The third-order valence-electron chi connectivity index (χ3n) is 3.76. The van der Waals surface area contributed by atoms with E-state index >= 15 is 0 Å². The van der Waals surface area contributed by atoms with Crippen molar-refractivity contribution in [1.29, 1.82) is 0 Å². The standard InChI is InChI=1S/C11H21NO/c1-11(2,13)10-9-6-4-3-5-8(9)7-12-10/h8-10,12-13H,3-7H2,1-2H3. The van der Waals surface area contributed by atoms with Crippen LogP contribution in [0.3, 0.4) is 0 Å². The molecule has 3 unspecified atom stereocenters. The van der Waals surface area contributed by atoms with E-state index in [1.165, 1.54) is 25.7 Å². The second-order valence-electron chi connectivity index (χ2n) is 5.25. The predicted octanol–water partition coefficient (Wildman–Crippen LogP) is 1.54. The maximum atomic E-state index is 9.99. The van der Waals surface area contributed by atoms with Gasteiger partial charge in [0.2, 0.25) is 0 Å². The van der Waals surface area contributed by atoms with Crippen molar-refractivity contribution in [2.45, 2.75) is 51.2 Å². The molecule has 0 aromatic rings. The molecule has 13 heavy (non-hydrogen) atoms. The van der Waals surface area contributed by atoms with Gasteiger partial charge in [-0.05, 0) is 45.1 Å². The van der Waals surface area contributed by atoms with E-state index in [9.17, 15) is 5.11 Å². The summed E-state index contributed by atoms with van der Waals surface area (Å²) in [5.41, 5.74) is -0.545. The van der Waals surface area contributed by atoms with Gasteiger partial charge in [0.25, 0.3) is 0 Å². The lowest BCUT2D eigenvalue weighted by atomic mass is 9.75. The first kappa shape index (κ1) is 9.47. The predicted molar refractivity (Wildman–Crippen MR) is 53.5 cm³/mol. The van der Waals surface area contributed by atoms with Crippen LogP contribution in [-0.4, -0.2) is 23.3 Å². The molecule has 0 amide bonds. The van der Waals surface area contributed by atoms with Gasteiger partial charge in [-0.15, -0.1) is 0 Å². The van der Waals surface area contributed by atoms with Gasteiger partial charge < -0.3 is 10.4 Å². The number of hydrogen-bond acceptors (Lipinski definition) is 2. The lowest BCUT2D eigenvalue weighted by Crippen LogP contribution is -2.47. The maximum absolute atomic E-state index is 9.99. The summed E-state index contributed by atoms with van der Waals surface area (Å²) in [6, 6.07) is 0.331. The second kappa shape index (κ2) is 3.25. The monoisotopic (exact) mass is 183 g/mol. The van der Waals surface area contributed by atoms with Crippen molar-refractivity contribution in [1.82, 2.24) is 5.32 Å². The van der Waals surface area contributed by atoms with Crippen LogP contribution in [0.15, 0.2) is 0 Å². The Balaban J connectivity index is 2.07. The van der Waals surface area contributed by atoms with E-state index in [0.717, 1.165) is 18.4 Å². The molecule has 2 aliphatic rings. The minimum Gasteiger partial charge on any atom is -0.389 e. The van der Waals surface area contributed by atoms with E-state index < -0.39 is 5.60 Å². The maximum Gasteiger partial charge on any atom is 0.0746 e. The van der Waals surface area contributed by atoms with Gasteiger partial charge >= 0.3 is 0 Å². The van der Waals surface area contributed by atoms with Gasteiger partial charge in [-0.25, -0.2) is 0 Å². The lowest BCUT2D eigenvalue weighted by Gasteiger charge is -2.34. The first-order chi connectivity index (χ1) is 6.09. The lowest BCUT2D eigenvalue weighted by molar-refractivity contribution is 0.0193. The topological polar surface area (TPSA) is 32.3 Å². The van der Waals surface area contributed by atoms with Crippen LogP contribution in [-0.2, 0) is 0 Å². The van der Waals surface area contributed by atoms with Gasteiger partial charge in [0.1, 0.15) is 0 Å². The minimum atomic E-state index is -0.545. The Morgan fingerprint density at radius 2 is 1.92 bits per heavy atom. The SMILES string of the molecule is CC(C)(O)C1NCC2CCCCC21. The van der Waals surface area contributed by atoms with Crippen LogP contribution in [0.4, 0.5) is 0 Å². The first-order valence-electron chi connectivity index (χ1n) is 5.55. The van der Waals surface area contributed by atoms with Crippen LogP contribution in [0.2, 0.25) is 0 Å². The fraction of sp³-hybridized carbons (Fsp3) is 1.00. The van der Waals surface area contributed by atoms with E-state index in [1.807, 2.05) is 13.8 Å². The summed E-state index contributed by atoms with van der Waals surface area (Å²) in [6.45, 7) is 4.99. The number of fused-ring (bicyclic) bond motifs is 1.